The zero-order chi connectivity index (χ0) is 10.5. The van der Waals surface area contributed by atoms with E-state index in [0.29, 0.717) is 12.3 Å². The molecule has 1 saturated heterocycles. The van der Waals surface area contributed by atoms with E-state index < -0.39 is 0 Å². The Kier molecular flexibility index (Phi) is 1.52. The number of cyclic esters (lactones) is 1. The summed E-state index contributed by atoms with van der Waals surface area (Å²) < 4.78 is 5.03. The van der Waals surface area contributed by atoms with Crippen LogP contribution in [0.4, 0.5) is 10.5 Å². The predicted octanol–water partition coefficient (Wildman–Crippen LogP) is 1.88. The minimum Gasteiger partial charge on any atom is -0.506 e. The standard InChI is InChI=1S/C11H11NO3/c13-9-4-2-1-3-8(9)12-10(14)15-7-11(12)5-6-11/h1-4,13H,5-7H2. The summed E-state index contributed by atoms with van der Waals surface area (Å²) in [7, 11) is 0. The second-order valence-corrected chi connectivity index (χ2v) is 4.10. The molecule has 78 valence electrons. The molecule has 1 aromatic rings. The van der Waals surface area contributed by atoms with Crippen molar-refractivity contribution in [1.29, 1.82) is 0 Å². The van der Waals surface area contributed by atoms with Gasteiger partial charge in [-0.1, -0.05) is 12.1 Å². The number of benzene rings is 1. The third kappa shape index (κ3) is 1.11. The molecule has 1 spiro atoms. The molecule has 1 saturated carbocycles. The van der Waals surface area contributed by atoms with E-state index in [4.69, 9.17) is 4.74 Å². The summed E-state index contributed by atoms with van der Waals surface area (Å²) in [4.78, 5) is 13.2. The van der Waals surface area contributed by atoms with Gasteiger partial charge in [0.2, 0.25) is 0 Å². The van der Waals surface area contributed by atoms with Gasteiger partial charge in [0.1, 0.15) is 12.4 Å². The number of ether oxygens (including phenoxy) is 1. The molecule has 1 amide bonds. The summed E-state index contributed by atoms with van der Waals surface area (Å²) in [5.41, 5.74) is 0.383. The van der Waals surface area contributed by atoms with Crippen molar-refractivity contribution in [3.05, 3.63) is 24.3 Å². The van der Waals surface area contributed by atoms with Crippen molar-refractivity contribution in [3.63, 3.8) is 0 Å². The Morgan fingerprint density at radius 1 is 1.33 bits per heavy atom. The quantitative estimate of drug-likeness (QED) is 0.761. The van der Waals surface area contributed by atoms with Crippen molar-refractivity contribution in [1.82, 2.24) is 0 Å². The lowest BCUT2D eigenvalue weighted by Gasteiger charge is -2.21. The molecular weight excluding hydrogens is 194 g/mol. The Bertz CT molecular complexity index is 426. The number of nitrogens with zero attached hydrogens (tertiary/aromatic N) is 1. The monoisotopic (exact) mass is 205 g/mol. The predicted molar refractivity (Wildman–Crippen MR) is 53.9 cm³/mol. The number of phenols is 1. The highest BCUT2D eigenvalue weighted by atomic mass is 16.6. The van der Waals surface area contributed by atoms with Crippen LogP contribution in [0.5, 0.6) is 5.75 Å². The van der Waals surface area contributed by atoms with Crippen LogP contribution < -0.4 is 4.90 Å². The number of hydrogen-bond donors (Lipinski definition) is 1. The van der Waals surface area contributed by atoms with Crippen LogP contribution in [0.15, 0.2) is 24.3 Å². The van der Waals surface area contributed by atoms with Gasteiger partial charge in [-0.2, -0.15) is 0 Å². The number of phenolic OH excluding ortho intramolecular Hbond substituents is 1. The Morgan fingerprint density at radius 2 is 2.07 bits per heavy atom. The SMILES string of the molecule is O=C1OCC2(CC2)N1c1ccccc1O. The molecule has 0 aromatic heterocycles. The first kappa shape index (κ1) is 8.59. The van der Waals surface area contributed by atoms with Crippen molar-refractivity contribution in [2.45, 2.75) is 18.4 Å². The highest BCUT2D eigenvalue weighted by molar-refractivity contribution is 5.94. The lowest BCUT2D eigenvalue weighted by atomic mass is 10.2. The fourth-order valence-corrected chi connectivity index (χ4v) is 2.04. The van der Waals surface area contributed by atoms with Gasteiger partial charge in [-0.25, -0.2) is 4.79 Å². The Hall–Kier alpha value is -1.71. The van der Waals surface area contributed by atoms with Crippen LogP contribution >= 0.6 is 0 Å². The van der Waals surface area contributed by atoms with Crippen LogP contribution in [0.2, 0.25) is 0 Å². The van der Waals surface area contributed by atoms with Gasteiger partial charge in [0.15, 0.2) is 0 Å². The first-order valence-corrected chi connectivity index (χ1v) is 4.98. The summed E-state index contributed by atoms with van der Waals surface area (Å²) in [6.45, 7) is 0.445. The molecule has 1 N–H and O–H groups in total. The molecule has 1 aromatic carbocycles. The molecule has 0 atom stereocenters. The molecule has 2 fully saturated rings. The molecule has 0 unspecified atom stereocenters. The normalized spacial score (nSPS) is 21.9. The fraction of sp³-hybridized carbons (Fsp3) is 0.364. The molecule has 0 bridgehead atoms. The topological polar surface area (TPSA) is 49.8 Å². The van der Waals surface area contributed by atoms with Crippen LogP contribution in [0, 0.1) is 0 Å². The second-order valence-electron chi connectivity index (χ2n) is 4.10. The molecule has 1 heterocycles. The average molecular weight is 205 g/mol. The number of anilines is 1. The number of carbonyl (C=O) groups excluding carboxylic acids is 1. The molecule has 1 aliphatic carbocycles. The van der Waals surface area contributed by atoms with Gasteiger partial charge < -0.3 is 9.84 Å². The first-order chi connectivity index (χ1) is 7.23. The molecule has 2 aliphatic rings. The first-order valence-electron chi connectivity index (χ1n) is 4.98. The summed E-state index contributed by atoms with van der Waals surface area (Å²) in [6.07, 6.45) is 1.55. The van der Waals surface area contributed by atoms with Crippen molar-refractivity contribution in [2.75, 3.05) is 11.5 Å². The summed E-state index contributed by atoms with van der Waals surface area (Å²) in [5, 5.41) is 9.70. The number of amides is 1. The van der Waals surface area contributed by atoms with Gasteiger partial charge in [-0.3, -0.25) is 4.90 Å². The minimum atomic E-state index is -0.353. The van der Waals surface area contributed by atoms with E-state index in [2.05, 4.69) is 0 Å². The van der Waals surface area contributed by atoms with E-state index >= 15 is 0 Å². The van der Waals surface area contributed by atoms with Crippen molar-refractivity contribution < 1.29 is 14.6 Å². The maximum absolute atomic E-state index is 11.6. The van der Waals surface area contributed by atoms with E-state index in [0.717, 1.165) is 12.8 Å². The minimum absolute atomic E-state index is 0.127. The third-order valence-electron chi connectivity index (χ3n) is 3.07. The molecule has 0 radical (unpaired) electrons. The number of para-hydroxylation sites is 2. The summed E-state index contributed by atoms with van der Waals surface area (Å²) >= 11 is 0. The largest absolute Gasteiger partial charge is 0.506 e. The number of aromatic hydroxyl groups is 1. The molecular formula is C11H11NO3. The van der Waals surface area contributed by atoms with Crippen LogP contribution in [-0.2, 0) is 4.74 Å². The van der Waals surface area contributed by atoms with E-state index in [9.17, 15) is 9.90 Å². The van der Waals surface area contributed by atoms with Crippen molar-refractivity contribution in [2.24, 2.45) is 0 Å². The number of rotatable bonds is 1. The highest BCUT2D eigenvalue weighted by Gasteiger charge is 2.57. The maximum Gasteiger partial charge on any atom is 0.415 e. The molecule has 4 heteroatoms. The van der Waals surface area contributed by atoms with Crippen molar-refractivity contribution in [3.8, 4) is 5.75 Å². The molecule has 15 heavy (non-hydrogen) atoms. The number of carbonyl (C=O) groups is 1. The van der Waals surface area contributed by atoms with E-state index in [1.54, 1.807) is 29.2 Å². The highest BCUT2D eigenvalue weighted by Crippen LogP contribution is 2.49. The van der Waals surface area contributed by atoms with Crippen molar-refractivity contribution >= 4 is 11.8 Å². The molecule has 4 nitrogen and oxygen atoms in total. The van der Waals surface area contributed by atoms with Crippen LogP contribution in [0.3, 0.4) is 0 Å². The summed E-state index contributed by atoms with van der Waals surface area (Å²) in [6, 6.07) is 6.86. The van der Waals surface area contributed by atoms with Gasteiger partial charge in [0.05, 0.1) is 11.2 Å². The van der Waals surface area contributed by atoms with Crippen LogP contribution in [-0.4, -0.2) is 23.3 Å². The summed E-state index contributed by atoms with van der Waals surface area (Å²) in [5.74, 6) is 0.127. The van der Waals surface area contributed by atoms with Crippen LogP contribution in [0.25, 0.3) is 0 Å². The Labute approximate surface area is 87.1 Å². The molecule has 3 rings (SSSR count). The van der Waals surface area contributed by atoms with Gasteiger partial charge in [-0.05, 0) is 25.0 Å². The van der Waals surface area contributed by atoms with Gasteiger partial charge in [0, 0.05) is 0 Å². The smallest absolute Gasteiger partial charge is 0.415 e. The Balaban J connectivity index is 2.06. The van der Waals surface area contributed by atoms with Gasteiger partial charge in [-0.15, -0.1) is 0 Å². The molecule has 1 aliphatic heterocycles. The third-order valence-corrected chi connectivity index (χ3v) is 3.07. The maximum atomic E-state index is 11.6. The Morgan fingerprint density at radius 3 is 2.73 bits per heavy atom. The average Bonchev–Trinajstić information content (AvgIpc) is 2.92. The van der Waals surface area contributed by atoms with E-state index in [1.807, 2.05) is 0 Å². The lowest BCUT2D eigenvalue weighted by molar-refractivity contribution is 0.178. The van der Waals surface area contributed by atoms with Gasteiger partial charge >= 0.3 is 6.09 Å². The van der Waals surface area contributed by atoms with Crippen LogP contribution in [0.1, 0.15) is 12.8 Å². The lowest BCUT2D eigenvalue weighted by Crippen LogP contribution is -2.35. The fourth-order valence-electron chi connectivity index (χ4n) is 2.04. The van der Waals surface area contributed by atoms with Gasteiger partial charge in [0.25, 0.3) is 0 Å². The van der Waals surface area contributed by atoms with E-state index in [1.165, 1.54) is 0 Å². The zero-order valence-electron chi connectivity index (χ0n) is 8.14. The zero-order valence-corrected chi connectivity index (χ0v) is 8.14. The van der Waals surface area contributed by atoms with E-state index in [-0.39, 0.29) is 17.4 Å². The second kappa shape index (κ2) is 2.66. The number of hydrogen-bond acceptors (Lipinski definition) is 3.